The highest BCUT2D eigenvalue weighted by Gasteiger charge is 2.08. The molecule has 0 aliphatic rings. The van der Waals surface area contributed by atoms with E-state index < -0.39 is 0 Å². The van der Waals surface area contributed by atoms with Gasteiger partial charge in [-0.1, -0.05) is 0 Å². The largest absolute Gasteiger partial charge is 0.465 e. The molecule has 0 aliphatic carbocycles. The molecule has 0 bridgehead atoms. The molecule has 0 aliphatic heterocycles. The van der Waals surface area contributed by atoms with Crippen molar-refractivity contribution in [1.82, 2.24) is 5.32 Å². The van der Waals surface area contributed by atoms with Crippen LogP contribution in [-0.2, 0) is 14.2 Å². The lowest BCUT2D eigenvalue weighted by Crippen LogP contribution is -2.30. The van der Waals surface area contributed by atoms with E-state index in [0.717, 1.165) is 25.1 Å². The first kappa shape index (κ1) is 20.3. The Morgan fingerprint density at radius 3 is 2.33 bits per heavy atom. The number of esters is 1. The number of hydrogen-bond acceptors (Lipinski definition) is 5. The molecule has 0 fully saturated rings. The van der Waals surface area contributed by atoms with Crippen LogP contribution in [-0.4, -0.2) is 44.2 Å². The Kier molecular flexibility index (Phi) is 9.98. The third-order valence-corrected chi connectivity index (χ3v) is 3.42. The van der Waals surface area contributed by atoms with Gasteiger partial charge >= 0.3 is 5.97 Å². The summed E-state index contributed by atoms with van der Waals surface area (Å²) in [4.78, 5) is 11.4. The minimum Gasteiger partial charge on any atom is -0.465 e. The third kappa shape index (κ3) is 7.72. The average Bonchev–Trinajstić information content (AvgIpc) is 2.59. The predicted molar refractivity (Wildman–Crippen MR) is 98.3 cm³/mol. The van der Waals surface area contributed by atoms with Gasteiger partial charge in [-0.2, -0.15) is 0 Å². The summed E-state index contributed by atoms with van der Waals surface area (Å²) in [5, 5.41) is 6.74. The monoisotopic (exact) mass is 354 g/mol. The number of rotatable bonds is 10. The number of carbonyl (C=O) groups is 1. The number of thiocarbonyl (C=S) groups is 1. The minimum atomic E-state index is -0.361. The molecule has 6 nitrogen and oxygen atoms in total. The van der Waals surface area contributed by atoms with Crippen LogP contribution in [0, 0.1) is 0 Å². The molecule has 134 valence electrons. The van der Waals surface area contributed by atoms with Crippen LogP contribution in [0.25, 0.3) is 0 Å². The molecule has 0 unspecified atom stereocenters. The van der Waals surface area contributed by atoms with Crippen molar-refractivity contribution in [2.24, 2.45) is 0 Å². The van der Waals surface area contributed by atoms with Crippen molar-refractivity contribution < 1.29 is 19.0 Å². The van der Waals surface area contributed by atoms with E-state index in [2.05, 4.69) is 15.4 Å². The van der Waals surface area contributed by atoms with Gasteiger partial charge in [-0.05, 0) is 56.8 Å². The molecule has 1 aromatic rings. The van der Waals surface area contributed by atoms with E-state index in [1.807, 2.05) is 13.8 Å². The average molecular weight is 354 g/mol. The fraction of sp³-hybridized carbons (Fsp3) is 0.529. The zero-order chi connectivity index (χ0) is 17.8. The van der Waals surface area contributed by atoms with Gasteiger partial charge in [0.1, 0.15) is 0 Å². The van der Waals surface area contributed by atoms with E-state index in [4.69, 9.17) is 21.7 Å². The third-order valence-electron chi connectivity index (χ3n) is 3.17. The predicted octanol–water partition coefficient (Wildman–Crippen LogP) is 2.94. The number of methoxy groups -OCH3 is 1. The van der Waals surface area contributed by atoms with Crippen molar-refractivity contribution in [2.45, 2.75) is 33.0 Å². The van der Waals surface area contributed by atoms with E-state index in [1.165, 1.54) is 7.11 Å². The maximum absolute atomic E-state index is 11.4. The van der Waals surface area contributed by atoms with Gasteiger partial charge in [0, 0.05) is 31.9 Å². The summed E-state index contributed by atoms with van der Waals surface area (Å²) in [5.74, 6) is -0.361. The molecule has 0 spiro atoms. The van der Waals surface area contributed by atoms with Crippen LogP contribution in [0.1, 0.15) is 37.0 Å². The summed E-state index contributed by atoms with van der Waals surface area (Å²) in [6, 6.07) is 6.93. The molecule has 0 saturated heterocycles. The van der Waals surface area contributed by atoms with E-state index in [0.29, 0.717) is 23.9 Å². The Morgan fingerprint density at radius 1 is 1.17 bits per heavy atom. The molecule has 1 rings (SSSR count). The topological polar surface area (TPSA) is 68.8 Å². The second kappa shape index (κ2) is 11.8. The maximum Gasteiger partial charge on any atom is 0.337 e. The summed E-state index contributed by atoms with van der Waals surface area (Å²) in [7, 11) is 1.36. The number of nitrogens with one attached hydrogen (secondary N) is 2. The zero-order valence-corrected chi connectivity index (χ0v) is 15.3. The van der Waals surface area contributed by atoms with Gasteiger partial charge < -0.3 is 24.8 Å². The van der Waals surface area contributed by atoms with Crippen molar-refractivity contribution >= 4 is 29.0 Å². The van der Waals surface area contributed by atoms with Crippen LogP contribution in [0.3, 0.4) is 0 Å². The summed E-state index contributed by atoms with van der Waals surface area (Å²) < 4.78 is 15.6. The van der Waals surface area contributed by atoms with Crippen molar-refractivity contribution in [3.63, 3.8) is 0 Å². The molecule has 0 amide bonds. The lowest BCUT2D eigenvalue weighted by Gasteiger charge is -2.17. The Balaban J connectivity index is 2.29. The molecule has 0 heterocycles. The first-order valence-corrected chi connectivity index (χ1v) is 8.48. The Hall–Kier alpha value is -1.70. The van der Waals surface area contributed by atoms with Crippen molar-refractivity contribution in [1.29, 1.82) is 0 Å². The van der Waals surface area contributed by atoms with Crippen LogP contribution in [0.4, 0.5) is 5.69 Å². The van der Waals surface area contributed by atoms with E-state index in [9.17, 15) is 4.79 Å². The van der Waals surface area contributed by atoms with E-state index in [-0.39, 0.29) is 12.3 Å². The molecule has 7 heteroatoms. The molecule has 0 radical (unpaired) electrons. The van der Waals surface area contributed by atoms with Crippen LogP contribution in [0.15, 0.2) is 24.3 Å². The quantitative estimate of drug-likeness (QED) is 0.290. The highest BCUT2D eigenvalue weighted by atomic mass is 32.1. The van der Waals surface area contributed by atoms with Crippen molar-refractivity contribution in [2.75, 3.05) is 32.2 Å². The Morgan fingerprint density at radius 2 is 1.79 bits per heavy atom. The van der Waals surface area contributed by atoms with Crippen LogP contribution < -0.4 is 10.6 Å². The van der Waals surface area contributed by atoms with Gasteiger partial charge in [-0.25, -0.2) is 4.79 Å². The number of ether oxygens (including phenoxy) is 3. The molecule has 0 aromatic heterocycles. The molecular formula is C17H26N2O4S. The van der Waals surface area contributed by atoms with Crippen molar-refractivity contribution in [3.05, 3.63) is 29.8 Å². The molecule has 24 heavy (non-hydrogen) atoms. The number of carbonyl (C=O) groups excluding carboxylic acids is 1. The fourth-order valence-corrected chi connectivity index (χ4v) is 2.26. The van der Waals surface area contributed by atoms with Gasteiger partial charge in [-0.3, -0.25) is 0 Å². The van der Waals surface area contributed by atoms with Gasteiger partial charge in [0.25, 0.3) is 0 Å². The van der Waals surface area contributed by atoms with Crippen LogP contribution in [0.2, 0.25) is 0 Å². The number of hydrogen-bond donors (Lipinski definition) is 2. The first-order chi connectivity index (χ1) is 11.6. The molecule has 2 N–H and O–H groups in total. The van der Waals surface area contributed by atoms with Crippen LogP contribution in [0.5, 0.6) is 0 Å². The van der Waals surface area contributed by atoms with Crippen molar-refractivity contribution in [3.8, 4) is 0 Å². The van der Waals surface area contributed by atoms with Gasteiger partial charge in [0.2, 0.25) is 0 Å². The summed E-state index contributed by atoms with van der Waals surface area (Å²) in [6.45, 7) is 5.91. The SMILES string of the molecule is CCOC(CCCNC(=S)Nc1ccc(C(=O)OC)cc1)OCC. The maximum atomic E-state index is 11.4. The summed E-state index contributed by atoms with van der Waals surface area (Å²) in [6.07, 6.45) is 1.54. The first-order valence-electron chi connectivity index (χ1n) is 8.07. The zero-order valence-electron chi connectivity index (χ0n) is 14.5. The van der Waals surface area contributed by atoms with Gasteiger partial charge in [0.05, 0.1) is 12.7 Å². The second-order valence-corrected chi connectivity index (χ2v) is 5.34. The summed E-state index contributed by atoms with van der Waals surface area (Å²) in [5.41, 5.74) is 1.31. The highest BCUT2D eigenvalue weighted by Crippen LogP contribution is 2.10. The lowest BCUT2D eigenvalue weighted by atomic mass is 10.2. The minimum absolute atomic E-state index is 0.158. The number of anilines is 1. The fourth-order valence-electron chi connectivity index (χ4n) is 2.04. The molecular weight excluding hydrogens is 328 g/mol. The Bertz CT molecular complexity index is 502. The summed E-state index contributed by atoms with van der Waals surface area (Å²) >= 11 is 5.25. The molecule has 0 saturated carbocycles. The Labute approximate surface area is 148 Å². The normalized spacial score (nSPS) is 10.5. The standard InChI is InChI=1S/C17H26N2O4S/c1-4-22-15(23-5-2)7-6-12-18-17(24)19-14-10-8-13(9-11-14)16(20)21-3/h8-11,15H,4-7,12H2,1-3H3,(H2,18,19,24). The van der Waals surface area contributed by atoms with Crippen LogP contribution >= 0.6 is 12.2 Å². The highest BCUT2D eigenvalue weighted by molar-refractivity contribution is 7.80. The smallest absolute Gasteiger partial charge is 0.337 e. The lowest BCUT2D eigenvalue weighted by molar-refractivity contribution is -0.139. The molecule has 1 aromatic carbocycles. The van der Waals surface area contributed by atoms with E-state index >= 15 is 0 Å². The van der Waals surface area contributed by atoms with Gasteiger partial charge in [-0.15, -0.1) is 0 Å². The van der Waals surface area contributed by atoms with Gasteiger partial charge in [0.15, 0.2) is 11.4 Å². The molecule has 0 atom stereocenters. The van der Waals surface area contributed by atoms with E-state index in [1.54, 1.807) is 24.3 Å². The second-order valence-electron chi connectivity index (χ2n) is 4.93. The number of benzene rings is 1.